The van der Waals surface area contributed by atoms with E-state index < -0.39 is 0 Å². The summed E-state index contributed by atoms with van der Waals surface area (Å²) in [6, 6.07) is 0. The third-order valence-electron chi connectivity index (χ3n) is 12.5. The zero-order valence-electron chi connectivity index (χ0n) is 37.9. The molecule has 0 aliphatic heterocycles. The number of hydrogen-bond acceptors (Lipinski definition) is 10. The van der Waals surface area contributed by atoms with E-state index in [1.807, 2.05) is 6.92 Å². The highest BCUT2D eigenvalue weighted by molar-refractivity contribution is 7.10. The third-order valence-corrected chi connectivity index (χ3v) is 13.2. The maximum absolute atomic E-state index is 11.7. The van der Waals surface area contributed by atoms with E-state index in [9.17, 15) is 4.79 Å². The van der Waals surface area contributed by atoms with Crippen molar-refractivity contribution in [3.05, 3.63) is 61.7 Å². The number of Topliss-reactive ketones (excluding diaryl/α,β-unsaturated/α-hetero) is 1. The second-order valence-corrected chi connectivity index (χ2v) is 16.2. The summed E-state index contributed by atoms with van der Waals surface area (Å²) in [4.78, 5) is 11.7. The van der Waals surface area contributed by atoms with Crippen molar-refractivity contribution in [3.63, 3.8) is 0 Å². The maximum atomic E-state index is 11.7. The van der Waals surface area contributed by atoms with Gasteiger partial charge in [-0.1, -0.05) is 31.9 Å². The molecule has 3 aromatic rings. The summed E-state index contributed by atoms with van der Waals surface area (Å²) in [6.45, 7) is 10.7. The van der Waals surface area contributed by atoms with Gasteiger partial charge < -0.3 is 42.0 Å². The van der Waals surface area contributed by atoms with Crippen LogP contribution in [0.25, 0.3) is 0 Å². The summed E-state index contributed by atoms with van der Waals surface area (Å²) in [6.07, 6.45) is 16.1. The lowest BCUT2D eigenvalue weighted by Gasteiger charge is -2.21. The van der Waals surface area contributed by atoms with E-state index in [-0.39, 0.29) is 0 Å². The van der Waals surface area contributed by atoms with Crippen LogP contribution in [-0.2, 0) is 43.3 Å². The van der Waals surface area contributed by atoms with Crippen LogP contribution in [0, 0.1) is 26.7 Å². The average Bonchev–Trinajstić information content (AvgIpc) is 3.71. The lowest BCUT2D eigenvalue weighted by atomic mass is 9.95. The first-order valence-corrected chi connectivity index (χ1v) is 22.5. The molecule has 6 rings (SSSR count). The van der Waals surface area contributed by atoms with Gasteiger partial charge in [0, 0.05) is 29.5 Å². The molecule has 3 aliphatic rings. The largest absolute Gasteiger partial charge is 0.492 e. The number of ether oxygens (including phenoxy) is 6. The molecule has 3 aromatic carbocycles. The maximum Gasteiger partial charge on any atom is 0.204 e. The number of allylic oxidation sites excluding steroid dienone is 2. The minimum atomic E-state index is 0.295. The van der Waals surface area contributed by atoms with E-state index >= 15 is 0 Å². The molecule has 60 heavy (non-hydrogen) atoms. The lowest BCUT2D eigenvalue weighted by Crippen LogP contribution is -2.04. The van der Waals surface area contributed by atoms with Crippen molar-refractivity contribution in [3.8, 4) is 51.7 Å². The van der Waals surface area contributed by atoms with Crippen LogP contribution < -0.4 is 42.0 Å². The van der Waals surface area contributed by atoms with Crippen molar-refractivity contribution in [1.29, 1.82) is 0 Å². The third kappa shape index (κ3) is 10.6. The highest BCUT2D eigenvalue weighted by Crippen LogP contribution is 2.50. The van der Waals surface area contributed by atoms with Crippen molar-refractivity contribution in [2.45, 2.75) is 125 Å². The predicted molar refractivity (Wildman–Crippen MR) is 251 cm³/mol. The van der Waals surface area contributed by atoms with E-state index in [4.69, 9.17) is 42.0 Å². The standard InChI is InChI=1S/C17H25O3P.C16H25O3P.C14H19O4P/c1-5-6-12-7-9-13-11(2)15(18-3)17(19-4)16(20-21)14(13)10-8-12;1-5-11-6-8-12-10(2)14(17-3)16(18-4)15(19-20)13(12)9-7-11;1-8-10-6-4-9(15)5-7-11(10)13(18-19)14(17-3)12(8)16-2/h6H,5,7-10,21H2,1-4H3;11H,5-9,20H2,1-4H3;4-7,19H2,1-3H3/b12-6+;;. The Morgan fingerprint density at radius 1 is 0.450 bits per heavy atom. The fourth-order valence-electron chi connectivity index (χ4n) is 9.30. The molecule has 0 N–H and O–H groups in total. The first-order chi connectivity index (χ1) is 29.0. The molecule has 332 valence electrons. The number of fused-ring (bicyclic) bond motifs is 3. The monoisotopic (exact) mass is 886 g/mol. The zero-order chi connectivity index (χ0) is 44.1. The summed E-state index contributed by atoms with van der Waals surface area (Å²) in [5.74, 6) is 7.69. The van der Waals surface area contributed by atoms with Gasteiger partial charge in [0.2, 0.25) is 17.2 Å². The molecule has 4 atom stereocenters. The van der Waals surface area contributed by atoms with Crippen LogP contribution in [0.5, 0.6) is 51.7 Å². The van der Waals surface area contributed by atoms with Crippen molar-refractivity contribution < 1.29 is 46.8 Å². The van der Waals surface area contributed by atoms with Crippen LogP contribution in [0.4, 0.5) is 0 Å². The Balaban J connectivity index is 0.000000199. The van der Waals surface area contributed by atoms with Crippen LogP contribution in [0.2, 0.25) is 0 Å². The summed E-state index contributed by atoms with van der Waals surface area (Å²) in [7, 11) is 16.9. The normalized spacial score (nSPS) is 16.4. The van der Waals surface area contributed by atoms with E-state index in [1.54, 1.807) is 48.2 Å². The second kappa shape index (κ2) is 23.7. The Morgan fingerprint density at radius 2 is 0.767 bits per heavy atom. The molecule has 4 unspecified atom stereocenters. The minimum Gasteiger partial charge on any atom is -0.492 e. The van der Waals surface area contributed by atoms with E-state index in [2.05, 4.69) is 62.2 Å². The molecular weight excluding hydrogens is 817 g/mol. The second-order valence-electron chi connectivity index (χ2n) is 15.4. The van der Waals surface area contributed by atoms with Crippen LogP contribution >= 0.6 is 28.4 Å². The minimum absolute atomic E-state index is 0.295. The number of ketones is 1. The Kier molecular flexibility index (Phi) is 19.4. The van der Waals surface area contributed by atoms with Gasteiger partial charge in [0.1, 0.15) is 5.78 Å². The van der Waals surface area contributed by atoms with Gasteiger partial charge in [-0.25, -0.2) is 0 Å². The van der Waals surface area contributed by atoms with Crippen molar-refractivity contribution in [2.24, 2.45) is 5.92 Å². The smallest absolute Gasteiger partial charge is 0.204 e. The molecule has 3 aliphatic carbocycles. The van der Waals surface area contributed by atoms with Crippen LogP contribution in [0.1, 0.15) is 115 Å². The molecule has 0 fully saturated rings. The van der Waals surface area contributed by atoms with Crippen LogP contribution in [-0.4, -0.2) is 48.4 Å². The van der Waals surface area contributed by atoms with Gasteiger partial charge in [0.25, 0.3) is 0 Å². The summed E-state index contributed by atoms with van der Waals surface area (Å²) in [5.41, 5.74) is 12.5. The summed E-state index contributed by atoms with van der Waals surface area (Å²) < 4.78 is 49.6. The van der Waals surface area contributed by atoms with Crippen molar-refractivity contribution in [2.75, 3.05) is 42.7 Å². The number of hydrogen-bond donors (Lipinski definition) is 0. The Labute approximate surface area is 366 Å². The first-order valence-electron chi connectivity index (χ1n) is 21.1. The molecule has 0 amide bonds. The van der Waals surface area contributed by atoms with Gasteiger partial charge in [-0.05, 0) is 131 Å². The number of carbonyl (C=O) groups excluding carboxylic acids is 1. The Hall–Kier alpha value is -3.44. The highest BCUT2D eigenvalue weighted by Gasteiger charge is 2.29. The number of carbonyl (C=O) groups is 1. The number of rotatable bonds is 11. The van der Waals surface area contributed by atoms with E-state index in [0.717, 1.165) is 97.0 Å². The van der Waals surface area contributed by atoms with Gasteiger partial charge in [0.15, 0.2) is 34.5 Å². The Morgan fingerprint density at radius 3 is 1.12 bits per heavy atom. The lowest BCUT2D eigenvalue weighted by molar-refractivity contribution is -0.118. The topological polar surface area (TPSA) is 100 Å². The SMILES string of the molecule is CC/C=C1\CCc2c(C)c(OC)c(OC)c(OP)c2CC1.CCC1CCc2c(C)c(OC)c(OC)c(OP)c2CC1.COc1c(C)c2c(c(OP)c1OC)CCC(=O)CC2. The van der Waals surface area contributed by atoms with Gasteiger partial charge >= 0.3 is 0 Å². The predicted octanol–water partition coefficient (Wildman–Crippen LogP) is 11.1. The van der Waals surface area contributed by atoms with Crippen molar-refractivity contribution >= 4 is 34.2 Å². The quantitative estimate of drug-likeness (QED) is 0.105. The molecule has 10 nitrogen and oxygen atoms in total. The van der Waals surface area contributed by atoms with E-state index in [1.165, 1.54) is 52.6 Å². The molecule has 0 aromatic heterocycles. The molecule has 13 heteroatoms. The van der Waals surface area contributed by atoms with Gasteiger partial charge in [-0.2, -0.15) is 0 Å². The molecule has 0 bridgehead atoms. The number of benzene rings is 3. The van der Waals surface area contributed by atoms with Gasteiger partial charge in [-0.15, -0.1) is 0 Å². The molecule has 0 radical (unpaired) electrons. The Bertz CT molecular complexity index is 1990. The van der Waals surface area contributed by atoms with Crippen molar-refractivity contribution in [1.82, 2.24) is 0 Å². The van der Waals surface area contributed by atoms with Crippen LogP contribution in [0.3, 0.4) is 0 Å². The molecule has 0 heterocycles. The molecule has 0 saturated carbocycles. The zero-order valence-corrected chi connectivity index (χ0v) is 41.3. The molecular formula is C47H69O10P3. The fraction of sp³-hybridized carbons (Fsp3) is 0.553. The molecule has 0 spiro atoms. The summed E-state index contributed by atoms with van der Waals surface area (Å²) in [5, 5.41) is 0. The summed E-state index contributed by atoms with van der Waals surface area (Å²) >= 11 is 0. The fourth-order valence-corrected chi connectivity index (χ4v) is 10.0. The van der Waals surface area contributed by atoms with E-state index in [0.29, 0.717) is 53.8 Å². The molecule has 0 saturated heterocycles. The number of methoxy groups -OCH3 is 6. The van der Waals surface area contributed by atoms with Crippen LogP contribution in [0.15, 0.2) is 11.6 Å². The van der Waals surface area contributed by atoms with Gasteiger partial charge in [-0.3, -0.25) is 4.79 Å². The highest BCUT2D eigenvalue weighted by atomic mass is 31.0. The first kappa shape index (κ1) is 49.2. The van der Waals surface area contributed by atoms with Gasteiger partial charge in [0.05, 0.1) is 71.1 Å². The average molecular weight is 887 g/mol.